The number of nitrogens with one attached hydrogen (secondary N) is 1. The number of carbonyl (C=O) groups is 1. The minimum Gasteiger partial charge on any atom is -0.347 e. The highest BCUT2D eigenvalue weighted by Crippen LogP contribution is 2.28. The summed E-state index contributed by atoms with van der Waals surface area (Å²) in [5.74, 6) is -0.241. The molecule has 5 nitrogen and oxygen atoms in total. The van der Waals surface area contributed by atoms with Crippen LogP contribution in [0, 0.1) is 0 Å². The Bertz CT molecular complexity index is 1130. The maximum absolute atomic E-state index is 12.9. The van der Waals surface area contributed by atoms with Crippen LogP contribution in [0.3, 0.4) is 0 Å². The summed E-state index contributed by atoms with van der Waals surface area (Å²) in [6, 6.07) is 14.9. The van der Waals surface area contributed by atoms with Gasteiger partial charge in [-0.15, -0.1) is 0 Å². The predicted molar refractivity (Wildman–Crippen MR) is 116 cm³/mol. The summed E-state index contributed by atoms with van der Waals surface area (Å²) in [7, 11) is 0. The van der Waals surface area contributed by atoms with Gasteiger partial charge in [0.2, 0.25) is 5.91 Å². The molecule has 1 amide bonds. The van der Waals surface area contributed by atoms with Crippen molar-refractivity contribution in [3.05, 3.63) is 81.2 Å². The lowest BCUT2D eigenvalue weighted by Crippen LogP contribution is -2.30. The fourth-order valence-electron chi connectivity index (χ4n) is 3.81. The Balaban J connectivity index is 1.57. The average Bonchev–Trinajstić information content (AvgIpc) is 3.27. The molecule has 0 unspecified atom stereocenters. The summed E-state index contributed by atoms with van der Waals surface area (Å²) in [6.07, 6.45) is 7.31. The molecule has 2 aromatic carbocycles. The van der Waals surface area contributed by atoms with Gasteiger partial charge in [-0.3, -0.25) is 9.59 Å². The van der Waals surface area contributed by atoms with Crippen molar-refractivity contribution in [2.24, 2.45) is 0 Å². The lowest BCUT2D eigenvalue weighted by atomic mass is 10.1. The summed E-state index contributed by atoms with van der Waals surface area (Å²) in [6.45, 7) is 0.249. The third-order valence-corrected chi connectivity index (χ3v) is 5.67. The first-order chi connectivity index (χ1) is 14.1. The van der Waals surface area contributed by atoms with Gasteiger partial charge in [0.05, 0.1) is 23.7 Å². The highest BCUT2D eigenvalue weighted by Gasteiger charge is 2.21. The molecule has 0 saturated heterocycles. The zero-order valence-electron chi connectivity index (χ0n) is 16.0. The van der Waals surface area contributed by atoms with Crippen molar-refractivity contribution >= 4 is 34.4 Å². The number of hydrogen-bond donors (Lipinski definition) is 1. The molecule has 6 heteroatoms. The molecule has 0 bridgehead atoms. The molecule has 0 spiro atoms. The van der Waals surface area contributed by atoms with Gasteiger partial charge in [-0.1, -0.05) is 60.8 Å². The molecule has 1 heterocycles. The van der Waals surface area contributed by atoms with Gasteiger partial charge in [-0.25, -0.2) is 4.68 Å². The molecule has 0 aliphatic heterocycles. The van der Waals surface area contributed by atoms with E-state index >= 15 is 0 Å². The first-order valence-corrected chi connectivity index (χ1v) is 10.2. The molecular weight excluding hydrogens is 386 g/mol. The fourth-order valence-corrected chi connectivity index (χ4v) is 4.01. The van der Waals surface area contributed by atoms with Crippen LogP contribution in [-0.4, -0.2) is 15.7 Å². The Labute approximate surface area is 174 Å². The number of hydrogen-bond acceptors (Lipinski definition) is 3. The Morgan fingerprint density at radius 3 is 2.55 bits per heavy atom. The van der Waals surface area contributed by atoms with Crippen molar-refractivity contribution < 1.29 is 4.79 Å². The summed E-state index contributed by atoms with van der Waals surface area (Å²) >= 11 is 6.12. The molecule has 0 radical (unpaired) electrons. The van der Waals surface area contributed by atoms with E-state index in [2.05, 4.69) is 10.4 Å². The Morgan fingerprint density at radius 2 is 1.79 bits per heavy atom. The topological polar surface area (TPSA) is 64.0 Å². The van der Waals surface area contributed by atoms with Gasteiger partial charge >= 0.3 is 0 Å². The van der Waals surface area contributed by atoms with Crippen LogP contribution in [0.5, 0.6) is 0 Å². The van der Waals surface area contributed by atoms with E-state index in [-0.39, 0.29) is 24.1 Å². The molecular formula is C23H22ClN3O2. The van der Waals surface area contributed by atoms with Crippen LogP contribution < -0.4 is 10.9 Å². The van der Waals surface area contributed by atoms with E-state index in [4.69, 9.17) is 11.6 Å². The van der Waals surface area contributed by atoms with Crippen LogP contribution in [0.25, 0.3) is 16.8 Å². The van der Waals surface area contributed by atoms with E-state index in [1.807, 2.05) is 42.5 Å². The van der Waals surface area contributed by atoms with E-state index in [0.717, 1.165) is 36.6 Å². The van der Waals surface area contributed by atoms with Crippen molar-refractivity contribution in [2.45, 2.75) is 38.3 Å². The number of fused-ring (bicyclic) bond motifs is 1. The lowest BCUT2D eigenvalue weighted by Gasteiger charge is -2.16. The smallest absolute Gasteiger partial charge is 0.274 e. The average molecular weight is 408 g/mol. The Hall–Kier alpha value is -2.92. The maximum Gasteiger partial charge on any atom is 0.274 e. The van der Waals surface area contributed by atoms with Crippen LogP contribution in [0.1, 0.15) is 43.0 Å². The number of benzene rings is 2. The Morgan fingerprint density at radius 1 is 1.10 bits per heavy atom. The van der Waals surface area contributed by atoms with Crippen molar-refractivity contribution in [3.63, 3.8) is 0 Å². The highest BCUT2D eigenvalue weighted by atomic mass is 35.5. The number of rotatable bonds is 5. The van der Waals surface area contributed by atoms with Crippen LogP contribution in [0.4, 0.5) is 0 Å². The number of halogens is 1. The second kappa shape index (κ2) is 8.62. The molecule has 3 aromatic rings. The van der Waals surface area contributed by atoms with Gasteiger partial charge in [-0.05, 0) is 36.6 Å². The minimum absolute atomic E-state index is 0.0545. The zero-order chi connectivity index (χ0) is 20.2. The number of carbonyl (C=O) groups excluding carboxylic acids is 1. The molecule has 1 aromatic heterocycles. The molecule has 0 atom stereocenters. The van der Waals surface area contributed by atoms with Gasteiger partial charge in [-0.2, -0.15) is 5.10 Å². The predicted octanol–water partition coefficient (Wildman–Crippen LogP) is 4.49. The van der Waals surface area contributed by atoms with E-state index in [1.165, 1.54) is 6.08 Å². The first kappa shape index (κ1) is 19.4. The van der Waals surface area contributed by atoms with Gasteiger partial charge in [0.15, 0.2) is 0 Å². The third-order valence-electron chi connectivity index (χ3n) is 5.33. The molecule has 4 rings (SSSR count). The summed E-state index contributed by atoms with van der Waals surface area (Å²) in [4.78, 5) is 25.2. The van der Waals surface area contributed by atoms with Crippen molar-refractivity contribution in [1.29, 1.82) is 0 Å². The van der Waals surface area contributed by atoms with E-state index in [9.17, 15) is 9.59 Å². The second-order valence-electron chi connectivity index (χ2n) is 7.25. The lowest BCUT2D eigenvalue weighted by molar-refractivity contribution is -0.116. The standard InChI is InChI=1S/C23H22ClN3O2/c24-20-12-6-1-7-16(20)13-14-22(28)25-15-21-18-10-4-5-11-19(18)23(29)27(26-21)17-8-2-3-9-17/h1,4-7,10-14,17H,2-3,8-9,15H2,(H,25,28)/b14-13+. The number of aromatic nitrogens is 2. The normalized spacial score (nSPS) is 14.7. The fraction of sp³-hybridized carbons (Fsp3) is 0.261. The van der Waals surface area contributed by atoms with E-state index in [0.29, 0.717) is 16.1 Å². The van der Waals surface area contributed by atoms with Crippen molar-refractivity contribution in [2.75, 3.05) is 0 Å². The molecule has 1 aliphatic rings. The van der Waals surface area contributed by atoms with Crippen LogP contribution >= 0.6 is 11.6 Å². The molecule has 148 valence electrons. The summed E-state index contributed by atoms with van der Waals surface area (Å²) in [5, 5.41) is 9.52. The van der Waals surface area contributed by atoms with Gasteiger partial charge in [0.1, 0.15) is 0 Å². The minimum atomic E-state index is -0.241. The maximum atomic E-state index is 12.9. The summed E-state index contributed by atoms with van der Waals surface area (Å²) in [5.41, 5.74) is 1.43. The zero-order valence-corrected chi connectivity index (χ0v) is 16.7. The molecule has 1 fully saturated rings. The monoisotopic (exact) mass is 407 g/mol. The highest BCUT2D eigenvalue weighted by molar-refractivity contribution is 6.32. The number of nitrogens with zero attached hydrogens (tertiary/aromatic N) is 2. The van der Waals surface area contributed by atoms with Crippen LogP contribution in [0.2, 0.25) is 5.02 Å². The van der Waals surface area contributed by atoms with Crippen molar-refractivity contribution in [3.8, 4) is 0 Å². The van der Waals surface area contributed by atoms with Crippen LogP contribution in [-0.2, 0) is 11.3 Å². The quantitative estimate of drug-likeness (QED) is 0.633. The Kier molecular flexibility index (Phi) is 5.76. The van der Waals surface area contributed by atoms with Gasteiger partial charge in [0.25, 0.3) is 5.56 Å². The SMILES string of the molecule is O=C(/C=C/c1ccccc1Cl)NCc1nn(C2CCCC2)c(=O)c2ccccc12. The third kappa shape index (κ3) is 4.25. The van der Waals surface area contributed by atoms with Gasteiger partial charge < -0.3 is 5.32 Å². The molecule has 1 saturated carbocycles. The van der Waals surface area contributed by atoms with Crippen LogP contribution in [0.15, 0.2) is 59.4 Å². The summed E-state index contributed by atoms with van der Waals surface area (Å²) < 4.78 is 1.62. The molecule has 1 N–H and O–H groups in total. The molecule has 1 aliphatic carbocycles. The number of amides is 1. The van der Waals surface area contributed by atoms with E-state index in [1.54, 1.807) is 16.8 Å². The molecule has 29 heavy (non-hydrogen) atoms. The first-order valence-electron chi connectivity index (χ1n) is 9.84. The van der Waals surface area contributed by atoms with E-state index < -0.39 is 0 Å². The van der Waals surface area contributed by atoms with Gasteiger partial charge in [0, 0.05) is 16.5 Å². The second-order valence-corrected chi connectivity index (χ2v) is 7.66. The largest absolute Gasteiger partial charge is 0.347 e. The van der Waals surface area contributed by atoms with Crippen molar-refractivity contribution in [1.82, 2.24) is 15.1 Å².